The van der Waals surface area contributed by atoms with Crippen LogP contribution >= 0.6 is 0 Å². The first-order chi connectivity index (χ1) is 7.00. The highest BCUT2D eigenvalue weighted by molar-refractivity contribution is 7.95. The molecule has 0 N–H and O–H groups in total. The SMILES string of the molecule is C=C/C(C)=C(\F)S(=O)(=O)c1ccccc1. The lowest BCUT2D eigenvalue weighted by molar-refractivity contribution is 0.575. The molecule has 2 nitrogen and oxygen atoms in total. The van der Waals surface area contributed by atoms with Gasteiger partial charge in [-0.05, 0) is 24.6 Å². The largest absolute Gasteiger partial charge is 0.233 e. The van der Waals surface area contributed by atoms with E-state index in [1.165, 1.54) is 25.1 Å². The summed E-state index contributed by atoms with van der Waals surface area (Å²) in [5.74, 6) is 0. The minimum atomic E-state index is -4.01. The molecular weight excluding hydrogens is 215 g/mol. The van der Waals surface area contributed by atoms with E-state index >= 15 is 0 Å². The summed E-state index contributed by atoms with van der Waals surface area (Å²) in [5.41, 5.74) is 0.0128. The van der Waals surface area contributed by atoms with Crippen molar-refractivity contribution >= 4 is 9.84 Å². The zero-order chi connectivity index (χ0) is 11.5. The molecule has 0 aliphatic rings. The van der Waals surface area contributed by atoms with Crippen molar-refractivity contribution in [1.82, 2.24) is 0 Å². The fraction of sp³-hybridized carbons (Fsp3) is 0.0909. The van der Waals surface area contributed by atoms with Gasteiger partial charge in [0.25, 0.3) is 0 Å². The second-order valence-electron chi connectivity index (χ2n) is 2.98. The van der Waals surface area contributed by atoms with E-state index in [4.69, 9.17) is 0 Å². The summed E-state index contributed by atoms with van der Waals surface area (Å²) in [7, 11) is -4.01. The monoisotopic (exact) mass is 226 g/mol. The van der Waals surface area contributed by atoms with Crippen LogP contribution < -0.4 is 0 Å². The first-order valence-electron chi connectivity index (χ1n) is 4.29. The number of allylic oxidation sites excluding steroid dienone is 2. The van der Waals surface area contributed by atoms with Gasteiger partial charge in [0.15, 0.2) is 0 Å². The second-order valence-corrected chi connectivity index (χ2v) is 4.81. The van der Waals surface area contributed by atoms with Gasteiger partial charge in [0.2, 0.25) is 15.0 Å². The van der Waals surface area contributed by atoms with Gasteiger partial charge in [0.05, 0.1) is 4.90 Å². The van der Waals surface area contributed by atoms with Crippen LogP contribution in [0.2, 0.25) is 0 Å². The summed E-state index contributed by atoms with van der Waals surface area (Å²) in [5, 5.41) is -1.15. The quantitative estimate of drug-likeness (QED) is 0.743. The molecule has 0 aromatic heterocycles. The lowest BCUT2D eigenvalue weighted by atomic mass is 10.3. The van der Waals surface area contributed by atoms with Crippen molar-refractivity contribution in [2.45, 2.75) is 11.8 Å². The Balaban J connectivity index is 3.34. The molecule has 4 heteroatoms. The third-order valence-corrected chi connectivity index (χ3v) is 3.59. The fourth-order valence-corrected chi connectivity index (χ4v) is 2.22. The number of sulfone groups is 1. The molecule has 15 heavy (non-hydrogen) atoms. The molecule has 1 rings (SSSR count). The molecule has 0 radical (unpaired) electrons. The van der Waals surface area contributed by atoms with Crippen molar-refractivity contribution in [3.05, 3.63) is 53.7 Å². The van der Waals surface area contributed by atoms with Crippen molar-refractivity contribution in [3.8, 4) is 0 Å². The van der Waals surface area contributed by atoms with Gasteiger partial charge in [-0.1, -0.05) is 30.9 Å². The lowest BCUT2D eigenvalue weighted by Gasteiger charge is -2.02. The van der Waals surface area contributed by atoms with E-state index in [0.717, 1.165) is 0 Å². The third kappa shape index (κ3) is 2.33. The van der Waals surface area contributed by atoms with E-state index in [-0.39, 0.29) is 10.5 Å². The number of rotatable bonds is 3. The van der Waals surface area contributed by atoms with Crippen molar-refractivity contribution in [1.29, 1.82) is 0 Å². The third-order valence-electron chi connectivity index (χ3n) is 1.91. The van der Waals surface area contributed by atoms with Crippen LogP contribution in [0.1, 0.15) is 6.92 Å². The molecule has 0 saturated carbocycles. The van der Waals surface area contributed by atoms with Gasteiger partial charge in [-0.25, -0.2) is 8.42 Å². The summed E-state index contributed by atoms with van der Waals surface area (Å²) in [6.07, 6.45) is 1.18. The van der Waals surface area contributed by atoms with Crippen LogP contribution in [0, 0.1) is 0 Å². The van der Waals surface area contributed by atoms with Gasteiger partial charge < -0.3 is 0 Å². The van der Waals surface area contributed by atoms with E-state index in [1.807, 2.05) is 0 Å². The Morgan fingerprint density at radius 1 is 1.33 bits per heavy atom. The van der Waals surface area contributed by atoms with Gasteiger partial charge >= 0.3 is 0 Å². The first kappa shape index (κ1) is 11.7. The number of hydrogen-bond acceptors (Lipinski definition) is 2. The molecular formula is C11H11FO2S. The number of halogens is 1. The van der Waals surface area contributed by atoms with Crippen molar-refractivity contribution in [2.24, 2.45) is 0 Å². The van der Waals surface area contributed by atoms with E-state index in [0.29, 0.717) is 0 Å². The van der Waals surface area contributed by atoms with E-state index in [2.05, 4.69) is 6.58 Å². The number of benzene rings is 1. The standard InChI is InChI=1S/C11H11FO2S/c1-3-9(2)11(12)15(13,14)10-7-5-4-6-8-10/h3-8H,1H2,2H3/b11-9+. The molecule has 1 aromatic rings. The van der Waals surface area contributed by atoms with Crippen molar-refractivity contribution in [3.63, 3.8) is 0 Å². The van der Waals surface area contributed by atoms with E-state index in [9.17, 15) is 12.8 Å². The molecule has 0 spiro atoms. The van der Waals surface area contributed by atoms with Gasteiger partial charge in [0, 0.05) is 0 Å². The van der Waals surface area contributed by atoms with Crippen molar-refractivity contribution in [2.75, 3.05) is 0 Å². The molecule has 0 saturated heterocycles. The summed E-state index contributed by atoms with van der Waals surface area (Å²) in [6.45, 7) is 4.69. The van der Waals surface area contributed by atoms with Gasteiger partial charge in [-0.15, -0.1) is 0 Å². The Labute approximate surface area is 88.7 Å². The molecule has 1 aromatic carbocycles. The van der Waals surface area contributed by atoms with Crippen LogP contribution in [-0.2, 0) is 9.84 Å². The molecule has 0 unspecified atom stereocenters. The Kier molecular flexibility index (Phi) is 3.42. The van der Waals surface area contributed by atoms with Gasteiger partial charge in [-0.2, -0.15) is 4.39 Å². The lowest BCUT2D eigenvalue weighted by Crippen LogP contribution is -2.02. The topological polar surface area (TPSA) is 34.1 Å². The highest BCUT2D eigenvalue weighted by Crippen LogP contribution is 2.22. The summed E-state index contributed by atoms with van der Waals surface area (Å²) in [4.78, 5) is -0.0521. The highest BCUT2D eigenvalue weighted by atomic mass is 32.2. The molecule has 80 valence electrons. The minimum absolute atomic E-state index is 0.0128. The summed E-state index contributed by atoms with van der Waals surface area (Å²) < 4.78 is 36.8. The number of hydrogen-bond donors (Lipinski definition) is 0. The molecule has 0 heterocycles. The Morgan fingerprint density at radius 3 is 2.33 bits per heavy atom. The molecule has 0 bridgehead atoms. The smallest absolute Gasteiger partial charge is 0.216 e. The maximum Gasteiger partial charge on any atom is 0.233 e. The normalized spacial score (nSPS) is 13.2. The predicted octanol–water partition coefficient (Wildman–Crippen LogP) is 2.85. The average molecular weight is 226 g/mol. The zero-order valence-electron chi connectivity index (χ0n) is 8.27. The molecule has 0 aliphatic heterocycles. The minimum Gasteiger partial charge on any atom is -0.216 e. The molecule has 0 amide bonds. The summed E-state index contributed by atoms with van der Waals surface area (Å²) >= 11 is 0. The highest BCUT2D eigenvalue weighted by Gasteiger charge is 2.21. The van der Waals surface area contributed by atoms with Crippen LogP contribution in [0.5, 0.6) is 0 Å². The second kappa shape index (κ2) is 4.40. The Hall–Kier alpha value is -1.42. The zero-order valence-corrected chi connectivity index (χ0v) is 9.09. The van der Waals surface area contributed by atoms with Crippen molar-refractivity contribution < 1.29 is 12.8 Å². The maximum atomic E-state index is 13.5. The van der Waals surface area contributed by atoms with Crippen LogP contribution in [0.3, 0.4) is 0 Å². The molecule has 0 fully saturated rings. The Morgan fingerprint density at radius 2 is 1.87 bits per heavy atom. The fourth-order valence-electron chi connectivity index (χ4n) is 0.995. The van der Waals surface area contributed by atoms with E-state index < -0.39 is 15.0 Å². The van der Waals surface area contributed by atoms with Crippen LogP contribution in [0.25, 0.3) is 0 Å². The van der Waals surface area contributed by atoms with Gasteiger partial charge in [0.1, 0.15) is 0 Å². The van der Waals surface area contributed by atoms with Crippen LogP contribution in [0.4, 0.5) is 4.39 Å². The maximum absolute atomic E-state index is 13.5. The Bertz CT molecular complexity index is 487. The molecule has 0 aliphatic carbocycles. The van der Waals surface area contributed by atoms with E-state index in [1.54, 1.807) is 18.2 Å². The molecule has 0 atom stereocenters. The van der Waals surface area contributed by atoms with Crippen LogP contribution in [0.15, 0.2) is 58.6 Å². The summed E-state index contributed by atoms with van der Waals surface area (Å²) in [6, 6.07) is 7.46. The van der Waals surface area contributed by atoms with Crippen LogP contribution in [-0.4, -0.2) is 8.42 Å². The van der Waals surface area contributed by atoms with Gasteiger partial charge in [-0.3, -0.25) is 0 Å². The predicted molar refractivity (Wildman–Crippen MR) is 57.6 cm³/mol. The first-order valence-corrected chi connectivity index (χ1v) is 5.77. The average Bonchev–Trinajstić information content (AvgIpc) is 2.28.